The molecule has 2 N–H and O–H groups in total. The Labute approximate surface area is 193 Å². The molecule has 1 saturated heterocycles. The Bertz CT molecular complexity index is 1170. The van der Waals surface area contributed by atoms with Crippen LogP contribution in [0.4, 0.5) is 23.2 Å². The van der Waals surface area contributed by atoms with Crippen molar-refractivity contribution in [1.82, 2.24) is 15.1 Å². The number of pyridine rings is 1. The first-order chi connectivity index (χ1) is 16.0. The number of hydrogen-bond donors (Lipinski definition) is 2. The van der Waals surface area contributed by atoms with E-state index in [4.69, 9.17) is 0 Å². The van der Waals surface area contributed by atoms with Crippen LogP contribution in [0.25, 0.3) is 11.4 Å². The summed E-state index contributed by atoms with van der Waals surface area (Å²) in [7, 11) is -2.67. The molecule has 3 heterocycles. The number of aromatic nitrogens is 3. The third-order valence-corrected chi connectivity index (χ3v) is 7.21. The average Bonchev–Trinajstić information content (AvgIpc) is 3.39. The van der Waals surface area contributed by atoms with Gasteiger partial charge in [0.1, 0.15) is 5.82 Å². The Morgan fingerprint density at radius 1 is 1.24 bits per heavy atom. The Morgan fingerprint density at radius 3 is 2.62 bits per heavy atom. The van der Waals surface area contributed by atoms with Gasteiger partial charge < -0.3 is 9.42 Å². The highest BCUT2D eigenvalue weighted by Gasteiger charge is 2.38. The predicted molar refractivity (Wildman–Crippen MR) is 115 cm³/mol. The van der Waals surface area contributed by atoms with E-state index < -0.39 is 28.5 Å². The molecule has 0 radical (unpaired) electrons. The fourth-order valence-corrected chi connectivity index (χ4v) is 5.57. The highest BCUT2D eigenvalue weighted by atomic mass is 32.3. The SMILES string of the molecule is O=C(CC1CCS(O)(O)C1)N(Cc1ccc(-c2noc(C(F)(F)F)n2)cn1)c1cccc(F)c1. The summed E-state index contributed by atoms with van der Waals surface area (Å²) >= 11 is 0. The van der Waals surface area contributed by atoms with Gasteiger partial charge in [0.15, 0.2) is 0 Å². The first-order valence-corrected chi connectivity index (χ1v) is 12.0. The van der Waals surface area contributed by atoms with Crippen LogP contribution in [0.1, 0.15) is 24.4 Å². The molecule has 1 atom stereocenters. The highest BCUT2D eigenvalue weighted by molar-refractivity contribution is 8.24. The van der Waals surface area contributed by atoms with Gasteiger partial charge in [-0.2, -0.15) is 28.7 Å². The summed E-state index contributed by atoms with van der Waals surface area (Å²) in [4.78, 5) is 21.9. The van der Waals surface area contributed by atoms with Crippen molar-refractivity contribution in [2.45, 2.75) is 25.6 Å². The zero-order valence-corrected chi connectivity index (χ0v) is 18.4. The van der Waals surface area contributed by atoms with Crippen LogP contribution in [-0.2, 0) is 17.5 Å². The van der Waals surface area contributed by atoms with Crippen molar-refractivity contribution in [3.8, 4) is 11.4 Å². The largest absolute Gasteiger partial charge is 0.471 e. The van der Waals surface area contributed by atoms with Crippen LogP contribution in [0.2, 0.25) is 0 Å². The molecule has 0 aliphatic carbocycles. The van der Waals surface area contributed by atoms with E-state index in [9.17, 15) is 31.5 Å². The molecular formula is C21H20F4N4O4S. The standard InChI is InChI=1S/C21H20F4N4O4S/c22-15-2-1-3-17(9-15)29(18(30)8-13-6-7-34(31,32)12-13)11-16-5-4-14(10-26-16)19-27-20(33-28-19)21(23,24)25/h1-5,9-10,13,31-32H,6-8,11-12H2. The van der Waals surface area contributed by atoms with Crippen molar-refractivity contribution >= 4 is 22.2 Å². The van der Waals surface area contributed by atoms with Crippen LogP contribution < -0.4 is 4.90 Å². The summed E-state index contributed by atoms with van der Waals surface area (Å²) in [5.41, 5.74) is 0.868. The van der Waals surface area contributed by atoms with Gasteiger partial charge in [0.25, 0.3) is 0 Å². The lowest BCUT2D eigenvalue weighted by molar-refractivity contribution is -0.159. The van der Waals surface area contributed by atoms with Crippen LogP contribution in [0.15, 0.2) is 47.1 Å². The van der Waals surface area contributed by atoms with Gasteiger partial charge in [0.2, 0.25) is 11.7 Å². The molecule has 0 spiro atoms. The molecule has 182 valence electrons. The van der Waals surface area contributed by atoms with Crippen LogP contribution in [0, 0.1) is 11.7 Å². The van der Waals surface area contributed by atoms with Crippen molar-refractivity contribution < 1.29 is 36.0 Å². The molecular weight excluding hydrogens is 480 g/mol. The third-order valence-electron chi connectivity index (χ3n) is 5.31. The summed E-state index contributed by atoms with van der Waals surface area (Å²) in [6.07, 6.45) is -2.96. The molecule has 1 aliphatic rings. The molecule has 1 unspecified atom stereocenters. The minimum absolute atomic E-state index is 0.0361. The first-order valence-electron chi connectivity index (χ1n) is 10.2. The number of carbonyl (C=O) groups excluding carboxylic acids is 1. The quantitative estimate of drug-likeness (QED) is 0.459. The normalized spacial score (nSPS) is 18.6. The van der Waals surface area contributed by atoms with E-state index in [2.05, 4.69) is 19.6 Å². The molecule has 34 heavy (non-hydrogen) atoms. The third kappa shape index (κ3) is 5.72. The van der Waals surface area contributed by atoms with Crippen molar-refractivity contribution in [1.29, 1.82) is 0 Å². The van der Waals surface area contributed by atoms with Gasteiger partial charge >= 0.3 is 12.1 Å². The smallest absolute Gasteiger partial charge is 0.329 e. The van der Waals surface area contributed by atoms with Gasteiger partial charge in [-0.05, 0) is 42.7 Å². The Morgan fingerprint density at radius 2 is 2.03 bits per heavy atom. The Kier molecular flexibility index (Phi) is 6.60. The second-order valence-corrected chi connectivity index (χ2v) is 10.3. The van der Waals surface area contributed by atoms with Crippen molar-refractivity contribution in [3.63, 3.8) is 0 Å². The number of benzene rings is 1. The summed E-state index contributed by atoms with van der Waals surface area (Å²) in [6, 6.07) is 8.40. The maximum absolute atomic E-state index is 13.8. The number of nitrogens with zero attached hydrogens (tertiary/aromatic N) is 4. The number of carbonyl (C=O) groups is 1. The number of amides is 1. The summed E-state index contributed by atoms with van der Waals surface area (Å²) in [5, 5.41) is 3.31. The predicted octanol–water partition coefficient (Wildman–Crippen LogP) is 4.98. The highest BCUT2D eigenvalue weighted by Crippen LogP contribution is 2.49. The molecule has 13 heteroatoms. The minimum atomic E-state index is -4.77. The molecule has 1 amide bonds. The zero-order valence-electron chi connectivity index (χ0n) is 17.6. The van der Waals surface area contributed by atoms with Gasteiger partial charge in [-0.15, -0.1) is 0 Å². The number of alkyl halides is 3. The number of hydrogen-bond acceptors (Lipinski definition) is 7. The van der Waals surface area contributed by atoms with Crippen LogP contribution >= 0.6 is 10.6 Å². The summed E-state index contributed by atoms with van der Waals surface area (Å²) < 4.78 is 75.8. The zero-order chi connectivity index (χ0) is 24.5. The van der Waals surface area contributed by atoms with Crippen LogP contribution in [0.5, 0.6) is 0 Å². The summed E-state index contributed by atoms with van der Waals surface area (Å²) in [6.45, 7) is -0.0361. The molecule has 1 aromatic carbocycles. The van der Waals surface area contributed by atoms with Gasteiger partial charge in [-0.25, -0.2) is 4.39 Å². The molecule has 1 aliphatic heterocycles. The first kappa shape index (κ1) is 24.1. The second-order valence-electron chi connectivity index (χ2n) is 7.95. The molecule has 0 bridgehead atoms. The number of anilines is 1. The maximum atomic E-state index is 13.8. The van der Waals surface area contributed by atoms with Gasteiger partial charge in [-0.1, -0.05) is 11.2 Å². The van der Waals surface area contributed by atoms with E-state index in [1.807, 2.05) is 0 Å². The van der Waals surface area contributed by atoms with Crippen molar-refractivity contribution in [2.75, 3.05) is 16.4 Å². The van der Waals surface area contributed by atoms with E-state index in [0.29, 0.717) is 17.8 Å². The average molecular weight is 500 g/mol. The number of rotatable bonds is 6. The Balaban J connectivity index is 1.53. The fraction of sp³-hybridized carbons (Fsp3) is 0.333. The fourth-order valence-electron chi connectivity index (χ4n) is 3.65. The lowest BCUT2D eigenvalue weighted by atomic mass is 10.0. The Hall–Kier alpha value is -3.03. The van der Waals surface area contributed by atoms with Crippen LogP contribution in [-0.4, -0.2) is 41.6 Å². The lowest BCUT2D eigenvalue weighted by Gasteiger charge is -2.27. The lowest BCUT2D eigenvalue weighted by Crippen LogP contribution is -2.32. The van der Waals surface area contributed by atoms with Gasteiger partial charge in [0, 0.05) is 35.4 Å². The topological polar surface area (TPSA) is 113 Å². The molecule has 0 saturated carbocycles. The minimum Gasteiger partial charge on any atom is -0.329 e. The van der Waals surface area contributed by atoms with E-state index in [-0.39, 0.29) is 47.7 Å². The molecule has 2 aromatic heterocycles. The number of halogens is 4. The van der Waals surface area contributed by atoms with E-state index in [1.165, 1.54) is 41.4 Å². The molecule has 8 nitrogen and oxygen atoms in total. The maximum Gasteiger partial charge on any atom is 0.471 e. The second kappa shape index (κ2) is 9.31. The van der Waals surface area contributed by atoms with E-state index >= 15 is 0 Å². The van der Waals surface area contributed by atoms with Crippen molar-refractivity contribution in [2.24, 2.45) is 5.92 Å². The molecule has 4 rings (SSSR count). The van der Waals surface area contributed by atoms with E-state index in [0.717, 1.165) is 0 Å². The monoisotopic (exact) mass is 500 g/mol. The van der Waals surface area contributed by atoms with Gasteiger partial charge in [0.05, 0.1) is 12.2 Å². The van der Waals surface area contributed by atoms with Crippen molar-refractivity contribution in [3.05, 3.63) is 60.0 Å². The van der Waals surface area contributed by atoms with E-state index in [1.54, 1.807) is 6.07 Å². The molecule has 1 fully saturated rings. The molecule has 3 aromatic rings. The van der Waals surface area contributed by atoms with Gasteiger partial charge in [-0.3, -0.25) is 18.9 Å². The van der Waals surface area contributed by atoms with Crippen LogP contribution in [0.3, 0.4) is 0 Å². The summed E-state index contributed by atoms with van der Waals surface area (Å²) in [5.74, 6) is -2.45.